The molecule has 0 fully saturated rings. The van der Waals surface area contributed by atoms with Crippen LogP contribution in [0.1, 0.15) is 49.8 Å². The molecule has 2 rings (SSSR count). The number of hydrogen-bond donors (Lipinski definition) is 0. The van der Waals surface area contributed by atoms with E-state index in [4.69, 9.17) is 0 Å². The highest BCUT2D eigenvalue weighted by Crippen LogP contribution is 2.27. The largest absolute Gasteiger partial charge is 0.0622 e. The quantitative estimate of drug-likeness (QED) is 0.626. The first kappa shape index (κ1) is 9.76. The van der Waals surface area contributed by atoms with Crippen LogP contribution in [0.25, 0.3) is 0 Å². The first-order valence-electron chi connectivity index (χ1n) is 5.78. The van der Waals surface area contributed by atoms with Crippen molar-refractivity contribution in [3.05, 3.63) is 34.9 Å². The topological polar surface area (TPSA) is 0 Å². The third kappa shape index (κ3) is 1.84. The van der Waals surface area contributed by atoms with Crippen molar-refractivity contribution in [2.45, 2.75) is 46.0 Å². The maximum Gasteiger partial charge on any atom is -0.0219 e. The van der Waals surface area contributed by atoms with Gasteiger partial charge in [0, 0.05) is 0 Å². The average Bonchev–Trinajstić information content (AvgIpc) is 2.16. The molecule has 1 aromatic rings. The second-order valence-electron chi connectivity index (χ2n) is 5.03. The van der Waals surface area contributed by atoms with Crippen molar-refractivity contribution in [2.75, 3.05) is 0 Å². The lowest BCUT2D eigenvalue weighted by Gasteiger charge is -2.22. The van der Waals surface area contributed by atoms with E-state index in [1.165, 1.54) is 24.8 Å². The molecule has 0 nitrogen and oxygen atoms in total. The maximum atomic E-state index is 2.42. The Hall–Kier alpha value is -0.780. The van der Waals surface area contributed by atoms with Gasteiger partial charge in [0.05, 0.1) is 0 Å². The molecule has 0 heteroatoms. The van der Waals surface area contributed by atoms with Crippen molar-refractivity contribution in [3.63, 3.8) is 0 Å². The molecule has 0 bridgehead atoms. The molecular formula is C14H20. The number of aryl methyl sites for hydroxylation is 1. The molecule has 0 N–H and O–H groups in total. The SMILES string of the molecule is CC(C)c1ccc2c(c1)CC[C@H](C)C2. The van der Waals surface area contributed by atoms with E-state index in [1.54, 1.807) is 11.1 Å². The monoisotopic (exact) mass is 188 g/mol. The van der Waals surface area contributed by atoms with Gasteiger partial charge in [0.1, 0.15) is 0 Å². The average molecular weight is 188 g/mol. The summed E-state index contributed by atoms with van der Waals surface area (Å²) in [6.07, 6.45) is 3.94. The van der Waals surface area contributed by atoms with E-state index in [9.17, 15) is 0 Å². The Labute approximate surface area is 87.3 Å². The summed E-state index contributed by atoms with van der Waals surface area (Å²) in [6, 6.07) is 7.08. The summed E-state index contributed by atoms with van der Waals surface area (Å²) in [7, 11) is 0. The van der Waals surface area contributed by atoms with Crippen molar-refractivity contribution in [1.82, 2.24) is 0 Å². The van der Waals surface area contributed by atoms with Gasteiger partial charge in [0.2, 0.25) is 0 Å². The van der Waals surface area contributed by atoms with Crippen LogP contribution in [0.3, 0.4) is 0 Å². The Kier molecular flexibility index (Phi) is 2.62. The highest BCUT2D eigenvalue weighted by atomic mass is 14.2. The summed E-state index contributed by atoms with van der Waals surface area (Å²) in [6.45, 7) is 6.90. The summed E-state index contributed by atoms with van der Waals surface area (Å²) in [5.74, 6) is 1.55. The molecular weight excluding hydrogens is 168 g/mol. The lowest BCUT2D eigenvalue weighted by atomic mass is 9.83. The number of benzene rings is 1. The molecule has 76 valence electrons. The Morgan fingerprint density at radius 3 is 2.71 bits per heavy atom. The van der Waals surface area contributed by atoms with Crippen LogP contribution in [-0.4, -0.2) is 0 Å². The van der Waals surface area contributed by atoms with Gasteiger partial charge in [-0.2, -0.15) is 0 Å². The van der Waals surface area contributed by atoms with Crippen LogP contribution >= 0.6 is 0 Å². The molecule has 1 aliphatic carbocycles. The molecule has 1 aromatic carbocycles. The minimum atomic E-state index is 0.666. The molecule has 0 spiro atoms. The van der Waals surface area contributed by atoms with Gasteiger partial charge < -0.3 is 0 Å². The second-order valence-corrected chi connectivity index (χ2v) is 5.03. The molecule has 0 unspecified atom stereocenters. The zero-order valence-electron chi connectivity index (χ0n) is 9.51. The Morgan fingerprint density at radius 1 is 1.21 bits per heavy atom. The van der Waals surface area contributed by atoms with Gasteiger partial charge in [-0.05, 0) is 47.8 Å². The fraction of sp³-hybridized carbons (Fsp3) is 0.571. The number of hydrogen-bond acceptors (Lipinski definition) is 0. The zero-order chi connectivity index (χ0) is 10.1. The van der Waals surface area contributed by atoms with Gasteiger partial charge in [-0.1, -0.05) is 39.0 Å². The van der Waals surface area contributed by atoms with Gasteiger partial charge in [-0.25, -0.2) is 0 Å². The van der Waals surface area contributed by atoms with Gasteiger partial charge in [0.25, 0.3) is 0 Å². The molecule has 0 aromatic heterocycles. The minimum Gasteiger partial charge on any atom is -0.0622 e. The van der Waals surface area contributed by atoms with E-state index in [0.717, 1.165) is 5.92 Å². The Morgan fingerprint density at radius 2 is 2.00 bits per heavy atom. The standard InChI is InChI=1S/C14H20/c1-10(2)12-6-7-13-8-11(3)4-5-14(13)9-12/h6-7,9-11H,4-5,8H2,1-3H3/t11-/m0/s1. The summed E-state index contributed by atoms with van der Waals surface area (Å²) in [5.41, 5.74) is 4.70. The molecule has 0 radical (unpaired) electrons. The molecule has 14 heavy (non-hydrogen) atoms. The van der Waals surface area contributed by atoms with Crippen molar-refractivity contribution in [1.29, 1.82) is 0 Å². The normalized spacial score (nSPS) is 21.0. The maximum absolute atomic E-state index is 2.42. The van der Waals surface area contributed by atoms with Crippen LogP contribution in [0.5, 0.6) is 0 Å². The van der Waals surface area contributed by atoms with Gasteiger partial charge >= 0.3 is 0 Å². The van der Waals surface area contributed by atoms with Crippen LogP contribution < -0.4 is 0 Å². The minimum absolute atomic E-state index is 0.666. The lowest BCUT2D eigenvalue weighted by molar-refractivity contribution is 0.500. The third-order valence-corrected chi connectivity index (χ3v) is 3.37. The van der Waals surface area contributed by atoms with Crippen molar-refractivity contribution in [3.8, 4) is 0 Å². The van der Waals surface area contributed by atoms with Crippen molar-refractivity contribution < 1.29 is 0 Å². The third-order valence-electron chi connectivity index (χ3n) is 3.37. The lowest BCUT2D eigenvalue weighted by Crippen LogP contribution is -2.11. The Balaban J connectivity index is 2.31. The molecule has 0 amide bonds. The first-order valence-corrected chi connectivity index (χ1v) is 5.78. The summed E-state index contributed by atoms with van der Waals surface area (Å²) in [5, 5.41) is 0. The van der Waals surface area contributed by atoms with E-state index in [2.05, 4.69) is 39.0 Å². The van der Waals surface area contributed by atoms with Crippen LogP contribution in [0.15, 0.2) is 18.2 Å². The highest BCUT2D eigenvalue weighted by molar-refractivity contribution is 5.35. The van der Waals surface area contributed by atoms with Gasteiger partial charge in [0.15, 0.2) is 0 Å². The molecule has 0 heterocycles. The van der Waals surface area contributed by atoms with Crippen LogP contribution in [0.4, 0.5) is 0 Å². The molecule has 0 aliphatic heterocycles. The number of rotatable bonds is 1. The fourth-order valence-corrected chi connectivity index (χ4v) is 2.32. The van der Waals surface area contributed by atoms with Gasteiger partial charge in [-0.3, -0.25) is 0 Å². The second kappa shape index (κ2) is 3.76. The van der Waals surface area contributed by atoms with E-state index in [-0.39, 0.29) is 0 Å². The predicted octanol–water partition coefficient (Wildman–Crippen LogP) is 3.93. The first-order chi connectivity index (χ1) is 6.66. The van der Waals surface area contributed by atoms with E-state index >= 15 is 0 Å². The molecule has 0 saturated carbocycles. The van der Waals surface area contributed by atoms with E-state index in [0.29, 0.717) is 5.92 Å². The van der Waals surface area contributed by atoms with E-state index < -0.39 is 0 Å². The molecule has 1 atom stereocenters. The molecule has 0 saturated heterocycles. The smallest absolute Gasteiger partial charge is 0.0219 e. The zero-order valence-corrected chi connectivity index (χ0v) is 9.51. The van der Waals surface area contributed by atoms with Crippen molar-refractivity contribution in [2.24, 2.45) is 5.92 Å². The number of fused-ring (bicyclic) bond motifs is 1. The summed E-state index contributed by atoms with van der Waals surface area (Å²) < 4.78 is 0. The fourth-order valence-electron chi connectivity index (χ4n) is 2.32. The van der Waals surface area contributed by atoms with Crippen LogP contribution in [0.2, 0.25) is 0 Å². The van der Waals surface area contributed by atoms with Gasteiger partial charge in [-0.15, -0.1) is 0 Å². The Bertz CT molecular complexity index is 323. The predicted molar refractivity (Wildman–Crippen MR) is 61.7 cm³/mol. The summed E-state index contributed by atoms with van der Waals surface area (Å²) in [4.78, 5) is 0. The van der Waals surface area contributed by atoms with Crippen molar-refractivity contribution >= 4 is 0 Å². The highest BCUT2D eigenvalue weighted by Gasteiger charge is 2.15. The molecule has 1 aliphatic rings. The van der Waals surface area contributed by atoms with Crippen LogP contribution in [0, 0.1) is 5.92 Å². The summed E-state index contributed by atoms with van der Waals surface area (Å²) >= 11 is 0. The van der Waals surface area contributed by atoms with E-state index in [1.807, 2.05) is 0 Å². The van der Waals surface area contributed by atoms with Crippen LogP contribution in [-0.2, 0) is 12.8 Å².